The molecule has 6 heteroatoms. The van der Waals surface area contributed by atoms with Crippen LogP contribution in [0, 0.1) is 0 Å². The summed E-state index contributed by atoms with van der Waals surface area (Å²) in [7, 11) is 0. The van der Waals surface area contributed by atoms with Crippen LogP contribution in [-0.2, 0) is 6.54 Å². The number of rotatable bonds is 5. The highest BCUT2D eigenvalue weighted by Gasteiger charge is 2.16. The Labute approximate surface area is 127 Å². The molecule has 0 unspecified atom stereocenters. The van der Waals surface area contributed by atoms with Crippen LogP contribution in [0.15, 0.2) is 41.7 Å². The van der Waals surface area contributed by atoms with Crippen molar-refractivity contribution in [1.82, 2.24) is 20.2 Å². The number of aromatic amines is 1. The monoisotopic (exact) mass is 299 g/mol. The van der Waals surface area contributed by atoms with E-state index < -0.39 is 0 Å². The number of nitrogens with one attached hydrogen (secondary N) is 1. The summed E-state index contributed by atoms with van der Waals surface area (Å²) in [6.45, 7) is 3.83. The average Bonchev–Trinajstić information content (AvgIpc) is 2.97. The SMILES string of the molecule is CCN(Cc1ccccc1)c1ncnc2[nH]nc(SC)c12. The van der Waals surface area contributed by atoms with E-state index in [1.54, 1.807) is 18.1 Å². The molecule has 0 aliphatic rings. The number of thioether (sulfide) groups is 1. The van der Waals surface area contributed by atoms with E-state index in [0.29, 0.717) is 0 Å². The molecule has 0 spiro atoms. The van der Waals surface area contributed by atoms with E-state index in [1.807, 2.05) is 12.3 Å². The fourth-order valence-electron chi connectivity index (χ4n) is 2.35. The molecule has 0 radical (unpaired) electrons. The van der Waals surface area contributed by atoms with Crippen molar-refractivity contribution >= 4 is 28.6 Å². The van der Waals surface area contributed by atoms with Gasteiger partial charge < -0.3 is 4.90 Å². The van der Waals surface area contributed by atoms with Crippen LogP contribution in [0.4, 0.5) is 5.82 Å². The summed E-state index contributed by atoms with van der Waals surface area (Å²) in [6, 6.07) is 10.4. The third-order valence-corrected chi connectivity index (χ3v) is 4.08. The molecule has 3 rings (SSSR count). The molecule has 0 bridgehead atoms. The lowest BCUT2D eigenvalue weighted by atomic mass is 10.2. The summed E-state index contributed by atoms with van der Waals surface area (Å²) in [4.78, 5) is 11.0. The highest BCUT2D eigenvalue weighted by molar-refractivity contribution is 7.98. The number of anilines is 1. The Balaban J connectivity index is 2.02. The first-order chi connectivity index (χ1) is 10.3. The second-order valence-electron chi connectivity index (χ2n) is 4.65. The second-order valence-corrected chi connectivity index (χ2v) is 5.45. The molecule has 2 aromatic heterocycles. The summed E-state index contributed by atoms with van der Waals surface area (Å²) in [5.74, 6) is 0.935. The molecule has 0 saturated heterocycles. The van der Waals surface area contributed by atoms with Gasteiger partial charge >= 0.3 is 0 Å². The molecule has 1 N–H and O–H groups in total. The highest BCUT2D eigenvalue weighted by Crippen LogP contribution is 2.30. The number of hydrogen-bond donors (Lipinski definition) is 1. The number of H-pyrrole nitrogens is 1. The van der Waals surface area contributed by atoms with Crippen LogP contribution in [0.25, 0.3) is 11.0 Å². The maximum absolute atomic E-state index is 4.50. The van der Waals surface area contributed by atoms with Gasteiger partial charge in [0.15, 0.2) is 5.65 Å². The van der Waals surface area contributed by atoms with Crippen LogP contribution in [-0.4, -0.2) is 33.0 Å². The third kappa shape index (κ3) is 2.71. The van der Waals surface area contributed by atoms with Crippen molar-refractivity contribution in [3.8, 4) is 0 Å². The lowest BCUT2D eigenvalue weighted by molar-refractivity contribution is 0.815. The smallest absolute Gasteiger partial charge is 0.161 e. The van der Waals surface area contributed by atoms with Gasteiger partial charge in [0.25, 0.3) is 0 Å². The van der Waals surface area contributed by atoms with Gasteiger partial charge in [0.1, 0.15) is 17.2 Å². The molecule has 0 amide bonds. The largest absolute Gasteiger partial charge is 0.352 e. The zero-order valence-electron chi connectivity index (χ0n) is 12.1. The topological polar surface area (TPSA) is 57.7 Å². The van der Waals surface area contributed by atoms with Crippen molar-refractivity contribution in [2.75, 3.05) is 17.7 Å². The van der Waals surface area contributed by atoms with Gasteiger partial charge in [-0.2, -0.15) is 5.10 Å². The second kappa shape index (κ2) is 6.13. The molecule has 0 atom stereocenters. The Bertz CT molecular complexity index is 725. The minimum atomic E-state index is 0.788. The number of hydrogen-bond acceptors (Lipinski definition) is 5. The predicted octanol–water partition coefficient (Wildman–Crippen LogP) is 3.10. The normalized spacial score (nSPS) is 11.0. The lowest BCUT2D eigenvalue weighted by Gasteiger charge is -2.22. The first-order valence-electron chi connectivity index (χ1n) is 6.85. The van der Waals surface area contributed by atoms with Crippen molar-refractivity contribution in [1.29, 1.82) is 0 Å². The molecule has 2 heterocycles. The van der Waals surface area contributed by atoms with Crippen molar-refractivity contribution < 1.29 is 0 Å². The summed E-state index contributed by atoms with van der Waals surface area (Å²) < 4.78 is 0. The molecule has 3 aromatic rings. The zero-order valence-corrected chi connectivity index (χ0v) is 12.9. The van der Waals surface area contributed by atoms with Gasteiger partial charge in [-0.25, -0.2) is 9.97 Å². The van der Waals surface area contributed by atoms with Crippen LogP contribution in [0.5, 0.6) is 0 Å². The average molecular weight is 299 g/mol. The summed E-state index contributed by atoms with van der Waals surface area (Å²) in [5.41, 5.74) is 2.05. The van der Waals surface area contributed by atoms with E-state index >= 15 is 0 Å². The van der Waals surface area contributed by atoms with Crippen molar-refractivity contribution in [2.24, 2.45) is 0 Å². The predicted molar refractivity (Wildman–Crippen MR) is 86.6 cm³/mol. The van der Waals surface area contributed by atoms with E-state index in [4.69, 9.17) is 0 Å². The van der Waals surface area contributed by atoms with E-state index in [9.17, 15) is 0 Å². The Morgan fingerprint density at radius 3 is 2.71 bits per heavy atom. The molecule has 5 nitrogen and oxygen atoms in total. The fourth-order valence-corrected chi connectivity index (χ4v) is 2.87. The van der Waals surface area contributed by atoms with Gasteiger partial charge in [0.05, 0.1) is 5.39 Å². The molecule has 0 aliphatic heterocycles. The van der Waals surface area contributed by atoms with Crippen molar-refractivity contribution in [3.05, 3.63) is 42.2 Å². The maximum atomic E-state index is 4.50. The van der Waals surface area contributed by atoms with Crippen LogP contribution in [0.2, 0.25) is 0 Å². The van der Waals surface area contributed by atoms with Gasteiger partial charge in [0, 0.05) is 13.1 Å². The van der Waals surface area contributed by atoms with Gasteiger partial charge in [0.2, 0.25) is 0 Å². The van der Waals surface area contributed by atoms with Crippen LogP contribution >= 0.6 is 11.8 Å². The first kappa shape index (κ1) is 13.9. The number of benzene rings is 1. The van der Waals surface area contributed by atoms with Crippen LogP contribution < -0.4 is 4.90 Å². The minimum Gasteiger partial charge on any atom is -0.352 e. The number of aromatic nitrogens is 4. The standard InChI is InChI=1S/C15H17N5S/c1-3-20(9-11-7-5-4-6-8-11)14-12-13(16-10-17-14)18-19-15(12)21-2/h4-8,10H,3,9H2,1-2H3,(H,16,17,18,19). The maximum Gasteiger partial charge on any atom is 0.161 e. The number of fused-ring (bicyclic) bond motifs is 1. The fraction of sp³-hybridized carbons (Fsp3) is 0.267. The molecule has 0 saturated carbocycles. The third-order valence-electron chi connectivity index (χ3n) is 3.40. The van der Waals surface area contributed by atoms with Crippen LogP contribution in [0.1, 0.15) is 12.5 Å². The quantitative estimate of drug-likeness (QED) is 0.734. The van der Waals surface area contributed by atoms with Crippen LogP contribution in [0.3, 0.4) is 0 Å². The Morgan fingerprint density at radius 1 is 1.19 bits per heavy atom. The highest BCUT2D eigenvalue weighted by atomic mass is 32.2. The molecular formula is C15H17N5S. The number of nitrogens with zero attached hydrogens (tertiary/aromatic N) is 4. The van der Waals surface area contributed by atoms with Gasteiger partial charge in [-0.05, 0) is 18.7 Å². The Morgan fingerprint density at radius 2 is 2.00 bits per heavy atom. The summed E-state index contributed by atoms with van der Waals surface area (Å²) >= 11 is 1.60. The Hall–Kier alpha value is -2.08. The molecule has 1 aromatic carbocycles. The van der Waals surface area contributed by atoms with Gasteiger partial charge in [-0.1, -0.05) is 30.3 Å². The molecule has 0 fully saturated rings. The summed E-state index contributed by atoms with van der Waals surface area (Å²) in [5, 5.41) is 9.22. The minimum absolute atomic E-state index is 0.788. The lowest BCUT2D eigenvalue weighted by Crippen LogP contribution is -2.23. The van der Waals surface area contributed by atoms with E-state index in [0.717, 1.165) is 35.0 Å². The molecule has 108 valence electrons. The van der Waals surface area contributed by atoms with E-state index in [2.05, 4.69) is 56.3 Å². The first-order valence-corrected chi connectivity index (χ1v) is 8.08. The van der Waals surface area contributed by atoms with E-state index in [-0.39, 0.29) is 0 Å². The summed E-state index contributed by atoms with van der Waals surface area (Å²) in [6.07, 6.45) is 3.60. The van der Waals surface area contributed by atoms with Crippen molar-refractivity contribution in [2.45, 2.75) is 18.5 Å². The molecule has 21 heavy (non-hydrogen) atoms. The van der Waals surface area contributed by atoms with Gasteiger partial charge in [-0.15, -0.1) is 11.8 Å². The molecule has 0 aliphatic carbocycles. The zero-order chi connectivity index (χ0) is 14.7. The van der Waals surface area contributed by atoms with Gasteiger partial charge in [-0.3, -0.25) is 5.10 Å². The molecular weight excluding hydrogens is 282 g/mol. The van der Waals surface area contributed by atoms with Crippen molar-refractivity contribution in [3.63, 3.8) is 0 Å². The Kier molecular flexibility index (Phi) is 4.06. The van der Waals surface area contributed by atoms with E-state index in [1.165, 1.54) is 5.56 Å².